The molecule has 0 atom stereocenters. The monoisotopic (exact) mass is 385 g/mol. The number of aromatic amines is 1. The van der Waals surface area contributed by atoms with E-state index in [1.165, 1.54) is 0 Å². The molecule has 0 aliphatic heterocycles. The number of aromatic nitrogens is 4. The first-order valence-electron chi connectivity index (χ1n) is 9.51. The Kier molecular flexibility index (Phi) is 5.24. The van der Waals surface area contributed by atoms with Crippen molar-refractivity contribution in [2.24, 2.45) is 7.05 Å². The van der Waals surface area contributed by atoms with Crippen molar-refractivity contribution >= 4 is 5.91 Å². The molecule has 2 aromatic heterocycles. The van der Waals surface area contributed by atoms with Gasteiger partial charge in [-0.25, -0.2) is 4.98 Å². The maximum Gasteiger partial charge on any atom is 0.272 e. The van der Waals surface area contributed by atoms with E-state index in [0.717, 1.165) is 28.1 Å². The number of imidazole rings is 1. The first-order valence-corrected chi connectivity index (χ1v) is 9.51. The van der Waals surface area contributed by atoms with Crippen LogP contribution in [0.2, 0.25) is 0 Å². The highest BCUT2D eigenvalue weighted by Gasteiger charge is 2.21. The highest BCUT2D eigenvalue weighted by Crippen LogP contribution is 2.22. The van der Waals surface area contributed by atoms with Gasteiger partial charge in [-0.3, -0.25) is 9.48 Å². The fraction of sp³-hybridized carbons (Fsp3) is 0.174. The van der Waals surface area contributed by atoms with Crippen molar-refractivity contribution in [2.45, 2.75) is 20.0 Å². The van der Waals surface area contributed by atoms with Crippen LogP contribution >= 0.6 is 0 Å². The van der Waals surface area contributed by atoms with Crippen LogP contribution in [0.3, 0.4) is 0 Å². The maximum atomic E-state index is 13.3. The van der Waals surface area contributed by atoms with Gasteiger partial charge in [0.25, 0.3) is 5.91 Å². The SMILES string of the molecule is Cc1cc(C(=O)N(Cc2cccc(-c3ccccc3)c2)Cc2cnc[nH]2)n(C)n1. The molecule has 1 amide bonds. The predicted octanol–water partition coefficient (Wildman–Crippen LogP) is 3.96. The number of aryl methyl sites for hydroxylation is 2. The standard InChI is InChI=1S/C23H23N5O/c1-17-11-22(27(2)26-17)23(29)28(15-21-13-24-16-25-21)14-18-7-6-10-20(12-18)19-8-4-3-5-9-19/h3-13,16H,14-15H2,1-2H3,(H,24,25). The molecule has 6 heteroatoms. The van der Waals surface area contributed by atoms with Crippen LogP contribution in [0.15, 0.2) is 73.2 Å². The van der Waals surface area contributed by atoms with E-state index in [1.54, 1.807) is 24.3 Å². The number of carbonyl (C=O) groups excluding carboxylic acids is 1. The van der Waals surface area contributed by atoms with Gasteiger partial charge in [0, 0.05) is 19.8 Å². The smallest absolute Gasteiger partial charge is 0.272 e. The summed E-state index contributed by atoms with van der Waals surface area (Å²) in [6.07, 6.45) is 3.37. The van der Waals surface area contributed by atoms with Crippen molar-refractivity contribution in [3.8, 4) is 11.1 Å². The van der Waals surface area contributed by atoms with Crippen molar-refractivity contribution in [3.63, 3.8) is 0 Å². The molecule has 0 saturated carbocycles. The molecule has 0 aliphatic rings. The van der Waals surface area contributed by atoms with Crippen LogP contribution in [0.4, 0.5) is 0 Å². The summed E-state index contributed by atoms with van der Waals surface area (Å²) in [6, 6.07) is 20.4. The second-order valence-electron chi connectivity index (χ2n) is 7.10. The van der Waals surface area contributed by atoms with Gasteiger partial charge in [-0.2, -0.15) is 5.10 Å². The minimum absolute atomic E-state index is 0.0622. The quantitative estimate of drug-likeness (QED) is 0.546. The van der Waals surface area contributed by atoms with Gasteiger partial charge in [0.05, 0.1) is 24.3 Å². The van der Waals surface area contributed by atoms with E-state index in [-0.39, 0.29) is 5.91 Å². The molecule has 0 bridgehead atoms. The molecule has 4 rings (SSSR count). The zero-order chi connectivity index (χ0) is 20.2. The van der Waals surface area contributed by atoms with Crippen LogP contribution in [0, 0.1) is 6.92 Å². The Morgan fingerprint density at radius 2 is 1.83 bits per heavy atom. The number of benzene rings is 2. The molecule has 2 heterocycles. The van der Waals surface area contributed by atoms with Crippen LogP contribution < -0.4 is 0 Å². The van der Waals surface area contributed by atoms with Crippen molar-refractivity contribution in [3.05, 3.63) is 95.8 Å². The van der Waals surface area contributed by atoms with E-state index in [4.69, 9.17) is 0 Å². The lowest BCUT2D eigenvalue weighted by Crippen LogP contribution is -2.31. The van der Waals surface area contributed by atoms with Gasteiger partial charge in [0.2, 0.25) is 0 Å². The van der Waals surface area contributed by atoms with Gasteiger partial charge in [-0.15, -0.1) is 0 Å². The molecule has 0 fully saturated rings. The summed E-state index contributed by atoms with van der Waals surface area (Å²) in [5.74, 6) is -0.0622. The average Bonchev–Trinajstić information content (AvgIpc) is 3.37. The average molecular weight is 385 g/mol. The number of amides is 1. The maximum absolute atomic E-state index is 13.3. The zero-order valence-electron chi connectivity index (χ0n) is 16.5. The minimum Gasteiger partial charge on any atom is -0.347 e. The number of hydrogen-bond donors (Lipinski definition) is 1. The fourth-order valence-corrected chi connectivity index (χ4v) is 3.45. The van der Waals surface area contributed by atoms with Gasteiger partial charge in [0.1, 0.15) is 5.69 Å². The molecule has 0 unspecified atom stereocenters. The lowest BCUT2D eigenvalue weighted by molar-refractivity contribution is 0.0717. The van der Waals surface area contributed by atoms with E-state index in [2.05, 4.69) is 39.3 Å². The van der Waals surface area contributed by atoms with Crippen molar-refractivity contribution in [1.29, 1.82) is 0 Å². The van der Waals surface area contributed by atoms with Crippen LogP contribution in [-0.2, 0) is 20.1 Å². The Balaban J connectivity index is 1.63. The minimum atomic E-state index is -0.0622. The van der Waals surface area contributed by atoms with Crippen LogP contribution in [0.5, 0.6) is 0 Å². The van der Waals surface area contributed by atoms with E-state index in [1.807, 2.05) is 48.2 Å². The Morgan fingerprint density at radius 3 is 2.52 bits per heavy atom. The molecule has 0 spiro atoms. The van der Waals surface area contributed by atoms with E-state index < -0.39 is 0 Å². The van der Waals surface area contributed by atoms with Crippen LogP contribution in [0.1, 0.15) is 27.4 Å². The first-order chi connectivity index (χ1) is 14.1. The Morgan fingerprint density at radius 1 is 1.03 bits per heavy atom. The summed E-state index contributed by atoms with van der Waals surface area (Å²) in [4.78, 5) is 22.3. The number of H-pyrrole nitrogens is 1. The fourth-order valence-electron chi connectivity index (χ4n) is 3.45. The highest BCUT2D eigenvalue weighted by molar-refractivity contribution is 5.92. The lowest BCUT2D eigenvalue weighted by atomic mass is 10.0. The molecule has 6 nitrogen and oxygen atoms in total. The van der Waals surface area contributed by atoms with Crippen molar-refractivity contribution in [2.75, 3.05) is 0 Å². The molecule has 0 radical (unpaired) electrons. The Hall–Kier alpha value is -3.67. The molecular formula is C23H23N5O. The molecule has 4 aromatic rings. The summed E-state index contributed by atoms with van der Waals surface area (Å²) in [6.45, 7) is 2.82. The van der Waals surface area contributed by atoms with Gasteiger partial charge < -0.3 is 9.88 Å². The van der Waals surface area contributed by atoms with E-state index in [9.17, 15) is 4.79 Å². The molecule has 0 saturated heterocycles. The lowest BCUT2D eigenvalue weighted by Gasteiger charge is -2.22. The highest BCUT2D eigenvalue weighted by atomic mass is 16.2. The second kappa shape index (κ2) is 8.14. The largest absolute Gasteiger partial charge is 0.347 e. The van der Waals surface area contributed by atoms with Gasteiger partial charge in [0.15, 0.2) is 0 Å². The van der Waals surface area contributed by atoms with Crippen molar-refractivity contribution < 1.29 is 4.79 Å². The third-order valence-corrected chi connectivity index (χ3v) is 4.83. The molecule has 146 valence electrons. The second-order valence-corrected chi connectivity index (χ2v) is 7.10. The Bertz CT molecular complexity index is 1100. The normalized spacial score (nSPS) is 10.8. The number of hydrogen-bond acceptors (Lipinski definition) is 3. The van der Waals surface area contributed by atoms with E-state index >= 15 is 0 Å². The number of nitrogens with one attached hydrogen (secondary N) is 1. The molecular weight excluding hydrogens is 362 g/mol. The number of rotatable bonds is 6. The van der Waals surface area contributed by atoms with Crippen LogP contribution in [0.25, 0.3) is 11.1 Å². The third kappa shape index (κ3) is 4.27. The molecule has 2 aromatic carbocycles. The van der Waals surface area contributed by atoms with Gasteiger partial charge in [-0.1, -0.05) is 48.5 Å². The first kappa shape index (κ1) is 18.7. The summed E-state index contributed by atoms with van der Waals surface area (Å²) in [5, 5.41) is 4.32. The van der Waals surface area contributed by atoms with E-state index in [0.29, 0.717) is 18.8 Å². The molecule has 1 N–H and O–H groups in total. The Labute approximate surface area is 169 Å². The zero-order valence-corrected chi connectivity index (χ0v) is 16.5. The summed E-state index contributed by atoms with van der Waals surface area (Å²) >= 11 is 0. The summed E-state index contributed by atoms with van der Waals surface area (Å²) in [5.41, 5.74) is 5.63. The molecule has 0 aliphatic carbocycles. The number of nitrogens with zero attached hydrogens (tertiary/aromatic N) is 4. The topological polar surface area (TPSA) is 66.8 Å². The third-order valence-electron chi connectivity index (χ3n) is 4.83. The predicted molar refractivity (Wildman–Crippen MR) is 112 cm³/mol. The van der Waals surface area contributed by atoms with Crippen LogP contribution in [-0.4, -0.2) is 30.6 Å². The van der Waals surface area contributed by atoms with Gasteiger partial charge >= 0.3 is 0 Å². The summed E-state index contributed by atoms with van der Waals surface area (Å²) < 4.78 is 1.64. The summed E-state index contributed by atoms with van der Waals surface area (Å²) in [7, 11) is 1.80. The van der Waals surface area contributed by atoms with Crippen molar-refractivity contribution in [1.82, 2.24) is 24.6 Å². The number of carbonyl (C=O) groups is 1. The van der Waals surface area contributed by atoms with Gasteiger partial charge in [-0.05, 0) is 35.7 Å². The molecule has 29 heavy (non-hydrogen) atoms.